The summed E-state index contributed by atoms with van der Waals surface area (Å²) >= 11 is 0. The molecule has 5 heteroatoms. The third-order valence-electron chi connectivity index (χ3n) is 5.13. The Bertz CT molecular complexity index is 532. The zero-order chi connectivity index (χ0) is 15.0. The SMILES string of the molecule is Cc1ccc([N+](=O)[O-])c(NCC2CC3CCC(C2)N3C)c1. The maximum atomic E-state index is 11.1. The molecule has 1 N–H and O–H groups in total. The third-order valence-corrected chi connectivity index (χ3v) is 5.13. The van der Waals surface area contributed by atoms with Crippen LogP contribution in [-0.2, 0) is 0 Å². The number of hydrogen-bond donors (Lipinski definition) is 1. The standard InChI is InChI=1S/C16H23N3O2/c1-11-3-6-16(19(20)21)15(7-11)17-10-12-8-13-4-5-14(9-12)18(13)2/h3,6-7,12-14,17H,4-5,8-10H2,1-2H3. The fourth-order valence-corrected chi connectivity index (χ4v) is 3.90. The summed E-state index contributed by atoms with van der Waals surface area (Å²) < 4.78 is 0. The molecule has 0 spiro atoms. The van der Waals surface area contributed by atoms with E-state index in [1.54, 1.807) is 12.1 Å². The van der Waals surface area contributed by atoms with E-state index in [-0.39, 0.29) is 10.6 Å². The van der Waals surface area contributed by atoms with Gasteiger partial charge in [-0.25, -0.2) is 0 Å². The number of hydrogen-bond acceptors (Lipinski definition) is 4. The molecule has 0 saturated carbocycles. The molecular formula is C16H23N3O2. The summed E-state index contributed by atoms with van der Waals surface area (Å²) in [6.07, 6.45) is 5.03. The summed E-state index contributed by atoms with van der Waals surface area (Å²) in [4.78, 5) is 13.3. The van der Waals surface area contributed by atoms with E-state index in [0.29, 0.717) is 23.7 Å². The normalized spacial score (nSPS) is 28.6. The number of nitro groups is 1. The molecule has 0 aromatic heterocycles. The molecule has 2 fully saturated rings. The largest absolute Gasteiger partial charge is 0.379 e. The van der Waals surface area contributed by atoms with Gasteiger partial charge >= 0.3 is 0 Å². The minimum absolute atomic E-state index is 0.177. The van der Waals surface area contributed by atoms with Gasteiger partial charge in [0.05, 0.1) is 4.92 Å². The molecule has 5 nitrogen and oxygen atoms in total. The van der Waals surface area contributed by atoms with Crippen molar-refractivity contribution in [3.8, 4) is 0 Å². The van der Waals surface area contributed by atoms with E-state index in [4.69, 9.17) is 0 Å². The van der Waals surface area contributed by atoms with Crippen LogP contribution in [0.1, 0.15) is 31.2 Å². The molecule has 2 unspecified atom stereocenters. The van der Waals surface area contributed by atoms with Crippen LogP contribution in [0.3, 0.4) is 0 Å². The van der Waals surface area contributed by atoms with Gasteiger partial charge in [-0.2, -0.15) is 0 Å². The van der Waals surface area contributed by atoms with Gasteiger partial charge in [-0.1, -0.05) is 6.07 Å². The Morgan fingerprint density at radius 3 is 2.62 bits per heavy atom. The topological polar surface area (TPSA) is 58.4 Å². The highest BCUT2D eigenvalue weighted by molar-refractivity contribution is 5.62. The Morgan fingerprint density at radius 2 is 2.00 bits per heavy atom. The van der Waals surface area contributed by atoms with Crippen LogP contribution in [0, 0.1) is 23.0 Å². The smallest absolute Gasteiger partial charge is 0.292 e. The van der Waals surface area contributed by atoms with E-state index < -0.39 is 0 Å². The molecule has 0 radical (unpaired) electrons. The lowest BCUT2D eigenvalue weighted by Crippen LogP contribution is -2.41. The first kappa shape index (κ1) is 14.3. The number of benzene rings is 1. The minimum Gasteiger partial charge on any atom is -0.379 e. The molecule has 1 aromatic carbocycles. The molecule has 21 heavy (non-hydrogen) atoms. The first-order chi connectivity index (χ1) is 10.0. The van der Waals surface area contributed by atoms with Gasteiger partial charge in [0.15, 0.2) is 0 Å². The van der Waals surface area contributed by atoms with E-state index in [9.17, 15) is 10.1 Å². The van der Waals surface area contributed by atoms with Crippen molar-refractivity contribution in [1.29, 1.82) is 0 Å². The van der Waals surface area contributed by atoms with Crippen molar-refractivity contribution in [2.45, 2.75) is 44.7 Å². The van der Waals surface area contributed by atoms with Crippen molar-refractivity contribution < 1.29 is 4.92 Å². The monoisotopic (exact) mass is 289 g/mol. The number of nitrogens with zero attached hydrogens (tertiary/aromatic N) is 2. The lowest BCUT2D eigenvalue weighted by molar-refractivity contribution is -0.384. The number of piperidine rings is 1. The molecule has 2 aliphatic heterocycles. The summed E-state index contributed by atoms with van der Waals surface area (Å²) in [6, 6.07) is 6.68. The number of nitrogens with one attached hydrogen (secondary N) is 1. The van der Waals surface area contributed by atoms with E-state index in [1.165, 1.54) is 25.7 Å². The maximum Gasteiger partial charge on any atom is 0.292 e. The molecule has 3 rings (SSSR count). The maximum absolute atomic E-state index is 11.1. The predicted molar refractivity (Wildman–Crippen MR) is 83.6 cm³/mol. The average Bonchev–Trinajstić information content (AvgIpc) is 2.67. The second kappa shape index (κ2) is 5.64. The zero-order valence-electron chi connectivity index (χ0n) is 12.7. The van der Waals surface area contributed by atoms with Gasteiger partial charge in [0.25, 0.3) is 5.69 Å². The molecule has 2 heterocycles. The Labute approximate surface area is 125 Å². The number of rotatable bonds is 4. The summed E-state index contributed by atoms with van der Waals surface area (Å²) in [6.45, 7) is 2.80. The van der Waals surface area contributed by atoms with Crippen molar-refractivity contribution in [1.82, 2.24) is 4.90 Å². The number of fused-ring (bicyclic) bond motifs is 2. The van der Waals surface area contributed by atoms with Crippen molar-refractivity contribution in [2.75, 3.05) is 18.9 Å². The lowest BCUT2D eigenvalue weighted by Gasteiger charge is -2.36. The molecular weight excluding hydrogens is 266 g/mol. The van der Waals surface area contributed by atoms with Crippen LogP contribution < -0.4 is 5.32 Å². The van der Waals surface area contributed by atoms with E-state index in [2.05, 4.69) is 17.3 Å². The molecule has 2 saturated heterocycles. The molecule has 114 valence electrons. The average molecular weight is 289 g/mol. The van der Waals surface area contributed by atoms with Crippen molar-refractivity contribution in [3.05, 3.63) is 33.9 Å². The van der Waals surface area contributed by atoms with E-state index >= 15 is 0 Å². The van der Waals surface area contributed by atoms with Crippen LogP contribution in [0.5, 0.6) is 0 Å². The van der Waals surface area contributed by atoms with E-state index in [0.717, 1.165) is 12.1 Å². The highest BCUT2D eigenvalue weighted by Crippen LogP contribution is 2.37. The van der Waals surface area contributed by atoms with Gasteiger partial charge in [-0.05, 0) is 57.2 Å². The zero-order valence-corrected chi connectivity index (χ0v) is 12.7. The van der Waals surface area contributed by atoms with E-state index in [1.807, 2.05) is 13.0 Å². The molecule has 1 aromatic rings. The Kier molecular flexibility index (Phi) is 3.85. The van der Waals surface area contributed by atoms with Gasteiger partial charge < -0.3 is 10.2 Å². The Balaban J connectivity index is 1.66. The predicted octanol–water partition coefficient (Wildman–Crippen LogP) is 3.19. The summed E-state index contributed by atoms with van der Waals surface area (Å²) in [5, 5.41) is 14.4. The van der Waals surface area contributed by atoms with Crippen LogP contribution in [0.15, 0.2) is 18.2 Å². The van der Waals surface area contributed by atoms with Gasteiger partial charge in [0, 0.05) is 24.7 Å². The van der Waals surface area contributed by atoms with Crippen molar-refractivity contribution >= 4 is 11.4 Å². The molecule has 2 aliphatic rings. The highest BCUT2D eigenvalue weighted by Gasteiger charge is 2.38. The van der Waals surface area contributed by atoms with Crippen LogP contribution in [0.4, 0.5) is 11.4 Å². The summed E-state index contributed by atoms with van der Waals surface area (Å²) in [7, 11) is 2.23. The van der Waals surface area contributed by atoms with Crippen LogP contribution in [0.25, 0.3) is 0 Å². The molecule has 0 amide bonds. The molecule has 2 atom stereocenters. The Morgan fingerprint density at radius 1 is 1.33 bits per heavy atom. The summed E-state index contributed by atoms with van der Waals surface area (Å²) in [5.74, 6) is 0.624. The quantitative estimate of drug-likeness (QED) is 0.683. The second-order valence-corrected chi connectivity index (χ2v) is 6.55. The van der Waals surface area contributed by atoms with Gasteiger partial charge in [0.1, 0.15) is 5.69 Å². The number of nitro benzene ring substituents is 1. The number of anilines is 1. The van der Waals surface area contributed by atoms with Gasteiger partial charge in [-0.3, -0.25) is 10.1 Å². The van der Waals surface area contributed by atoms with Gasteiger partial charge in [-0.15, -0.1) is 0 Å². The highest BCUT2D eigenvalue weighted by atomic mass is 16.6. The Hall–Kier alpha value is -1.62. The molecule has 2 bridgehead atoms. The second-order valence-electron chi connectivity index (χ2n) is 6.55. The van der Waals surface area contributed by atoms with Gasteiger partial charge in [0.2, 0.25) is 0 Å². The molecule has 0 aliphatic carbocycles. The van der Waals surface area contributed by atoms with Crippen LogP contribution in [-0.4, -0.2) is 35.5 Å². The van der Waals surface area contributed by atoms with Crippen LogP contribution >= 0.6 is 0 Å². The first-order valence-electron chi connectivity index (χ1n) is 7.75. The minimum atomic E-state index is -0.305. The van der Waals surface area contributed by atoms with Crippen molar-refractivity contribution in [3.63, 3.8) is 0 Å². The van der Waals surface area contributed by atoms with Crippen molar-refractivity contribution in [2.24, 2.45) is 5.92 Å². The fourth-order valence-electron chi connectivity index (χ4n) is 3.90. The van der Waals surface area contributed by atoms with Crippen LogP contribution in [0.2, 0.25) is 0 Å². The first-order valence-corrected chi connectivity index (χ1v) is 7.75. The summed E-state index contributed by atoms with van der Waals surface area (Å²) in [5.41, 5.74) is 1.88. The third kappa shape index (κ3) is 2.88. The number of aryl methyl sites for hydroxylation is 1. The lowest BCUT2D eigenvalue weighted by atomic mass is 9.91. The fraction of sp³-hybridized carbons (Fsp3) is 0.625.